The van der Waals surface area contributed by atoms with Crippen molar-refractivity contribution in [1.82, 2.24) is 9.55 Å². The van der Waals surface area contributed by atoms with E-state index in [2.05, 4.69) is 4.57 Å². The fraction of sp³-hybridized carbons (Fsp3) is 0.733. The minimum atomic E-state index is -0.727. The summed E-state index contributed by atoms with van der Waals surface area (Å²) in [7, 11) is 0. The van der Waals surface area contributed by atoms with E-state index in [1.807, 2.05) is 0 Å². The number of hydrogen-bond donors (Lipinski definition) is 1. The van der Waals surface area contributed by atoms with Gasteiger partial charge >= 0.3 is 5.97 Å². The van der Waals surface area contributed by atoms with Gasteiger partial charge in [-0.2, -0.15) is 0 Å². The SMILES string of the molecule is O=C(O)CCc1nc(C2CCCCC2)c2n1CCC2. The van der Waals surface area contributed by atoms with Gasteiger partial charge in [-0.3, -0.25) is 4.79 Å². The number of fused-ring (bicyclic) bond motifs is 1. The first kappa shape index (κ1) is 12.7. The number of rotatable bonds is 4. The van der Waals surface area contributed by atoms with Crippen LogP contribution in [-0.2, 0) is 24.2 Å². The lowest BCUT2D eigenvalue weighted by Crippen LogP contribution is -2.07. The standard InChI is InChI=1S/C15H22N2O2/c18-14(19)9-8-13-16-15(11-5-2-1-3-6-11)12-7-4-10-17(12)13/h11H,1-10H2,(H,18,19). The minimum Gasteiger partial charge on any atom is -0.481 e. The van der Waals surface area contributed by atoms with Gasteiger partial charge in [0.2, 0.25) is 0 Å². The third-order valence-corrected chi connectivity index (χ3v) is 4.53. The second-order valence-corrected chi connectivity index (χ2v) is 5.84. The second-order valence-electron chi connectivity index (χ2n) is 5.84. The lowest BCUT2D eigenvalue weighted by molar-refractivity contribution is -0.137. The Morgan fingerprint density at radius 3 is 2.79 bits per heavy atom. The lowest BCUT2D eigenvalue weighted by Gasteiger charge is -2.20. The zero-order valence-electron chi connectivity index (χ0n) is 11.4. The molecule has 0 radical (unpaired) electrons. The number of carboxylic acid groups (broad SMARTS) is 1. The van der Waals surface area contributed by atoms with Gasteiger partial charge in [-0.1, -0.05) is 19.3 Å². The molecule has 1 fully saturated rings. The highest BCUT2D eigenvalue weighted by atomic mass is 16.4. The Labute approximate surface area is 113 Å². The molecule has 0 bridgehead atoms. The molecule has 4 nitrogen and oxygen atoms in total. The van der Waals surface area contributed by atoms with Gasteiger partial charge in [0.05, 0.1) is 12.1 Å². The number of carboxylic acids is 1. The van der Waals surface area contributed by atoms with Gasteiger partial charge < -0.3 is 9.67 Å². The average molecular weight is 262 g/mol. The van der Waals surface area contributed by atoms with Crippen LogP contribution < -0.4 is 0 Å². The van der Waals surface area contributed by atoms with Gasteiger partial charge in [0.25, 0.3) is 0 Å². The van der Waals surface area contributed by atoms with Crippen LogP contribution in [0.2, 0.25) is 0 Å². The van der Waals surface area contributed by atoms with Crippen molar-refractivity contribution in [2.24, 2.45) is 0 Å². The molecule has 2 aliphatic rings. The maximum absolute atomic E-state index is 10.7. The molecule has 0 saturated heterocycles. The van der Waals surface area contributed by atoms with E-state index in [-0.39, 0.29) is 6.42 Å². The fourth-order valence-electron chi connectivity index (χ4n) is 3.60. The predicted molar refractivity (Wildman–Crippen MR) is 72.3 cm³/mol. The van der Waals surface area contributed by atoms with Crippen molar-refractivity contribution in [2.45, 2.75) is 70.3 Å². The van der Waals surface area contributed by atoms with E-state index in [4.69, 9.17) is 10.1 Å². The summed E-state index contributed by atoms with van der Waals surface area (Å²) < 4.78 is 2.30. The van der Waals surface area contributed by atoms with Crippen LogP contribution in [0.3, 0.4) is 0 Å². The smallest absolute Gasteiger partial charge is 0.303 e. The normalized spacial score (nSPS) is 19.6. The Kier molecular flexibility index (Phi) is 3.58. The Balaban J connectivity index is 1.84. The van der Waals surface area contributed by atoms with Crippen molar-refractivity contribution >= 4 is 5.97 Å². The molecular formula is C15H22N2O2. The van der Waals surface area contributed by atoms with Crippen molar-refractivity contribution in [3.05, 3.63) is 17.2 Å². The van der Waals surface area contributed by atoms with E-state index >= 15 is 0 Å². The average Bonchev–Trinajstić information content (AvgIpc) is 2.99. The Morgan fingerprint density at radius 1 is 1.26 bits per heavy atom. The first-order chi connectivity index (χ1) is 9.25. The Hall–Kier alpha value is -1.32. The topological polar surface area (TPSA) is 55.1 Å². The van der Waals surface area contributed by atoms with Crippen LogP contribution in [0.15, 0.2) is 0 Å². The zero-order valence-corrected chi connectivity index (χ0v) is 11.4. The van der Waals surface area contributed by atoms with E-state index in [1.165, 1.54) is 49.9 Å². The van der Waals surface area contributed by atoms with Crippen LogP contribution in [0.25, 0.3) is 0 Å². The molecule has 0 atom stereocenters. The molecule has 3 rings (SSSR count). The quantitative estimate of drug-likeness (QED) is 0.907. The van der Waals surface area contributed by atoms with Crippen LogP contribution >= 0.6 is 0 Å². The van der Waals surface area contributed by atoms with Crippen molar-refractivity contribution in [1.29, 1.82) is 0 Å². The molecule has 104 valence electrons. The Morgan fingerprint density at radius 2 is 2.05 bits per heavy atom. The largest absolute Gasteiger partial charge is 0.481 e. The summed E-state index contributed by atoms with van der Waals surface area (Å²) in [5.41, 5.74) is 2.71. The number of carbonyl (C=O) groups is 1. The highest BCUT2D eigenvalue weighted by Gasteiger charge is 2.27. The van der Waals surface area contributed by atoms with E-state index in [0.29, 0.717) is 12.3 Å². The first-order valence-corrected chi connectivity index (χ1v) is 7.55. The van der Waals surface area contributed by atoms with Crippen LogP contribution in [0.5, 0.6) is 0 Å². The van der Waals surface area contributed by atoms with Crippen LogP contribution in [-0.4, -0.2) is 20.6 Å². The molecule has 1 aromatic heterocycles. The highest BCUT2D eigenvalue weighted by molar-refractivity contribution is 5.66. The fourth-order valence-corrected chi connectivity index (χ4v) is 3.60. The molecule has 0 spiro atoms. The summed E-state index contributed by atoms with van der Waals surface area (Å²) in [5, 5.41) is 8.84. The first-order valence-electron chi connectivity index (χ1n) is 7.55. The van der Waals surface area contributed by atoms with Crippen molar-refractivity contribution in [2.75, 3.05) is 0 Å². The second kappa shape index (κ2) is 5.35. The minimum absolute atomic E-state index is 0.195. The summed E-state index contributed by atoms with van der Waals surface area (Å²) in [6.07, 6.45) is 9.63. The lowest BCUT2D eigenvalue weighted by atomic mass is 9.86. The summed E-state index contributed by atoms with van der Waals surface area (Å²) in [5.74, 6) is 0.914. The summed E-state index contributed by atoms with van der Waals surface area (Å²) in [4.78, 5) is 15.6. The number of aryl methyl sites for hydroxylation is 1. The molecule has 0 unspecified atom stereocenters. The van der Waals surface area contributed by atoms with Crippen LogP contribution in [0.1, 0.15) is 68.1 Å². The molecule has 0 aromatic carbocycles. The third-order valence-electron chi connectivity index (χ3n) is 4.53. The zero-order chi connectivity index (χ0) is 13.2. The Bertz CT molecular complexity index is 473. The van der Waals surface area contributed by atoms with Gasteiger partial charge in [0.1, 0.15) is 5.82 Å². The van der Waals surface area contributed by atoms with Gasteiger partial charge in [0, 0.05) is 24.6 Å². The summed E-state index contributed by atoms with van der Waals surface area (Å²) in [6.45, 7) is 1.03. The molecule has 0 amide bonds. The maximum Gasteiger partial charge on any atom is 0.303 e. The number of imidazole rings is 1. The monoisotopic (exact) mass is 262 g/mol. The summed E-state index contributed by atoms with van der Waals surface area (Å²) in [6, 6.07) is 0. The molecule has 1 aliphatic heterocycles. The third kappa shape index (κ3) is 2.53. The number of aliphatic carboxylic acids is 1. The van der Waals surface area contributed by atoms with Crippen LogP contribution in [0.4, 0.5) is 0 Å². The van der Waals surface area contributed by atoms with Gasteiger partial charge in [-0.05, 0) is 25.7 Å². The molecule has 19 heavy (non-hydrogen) atoms. The van der Waals surface area contributed by atoms with Crippen molar-refractivity contribution in [3.8, 4) is 0 Å². The molecule has 1 aliphatic carbocycles. The number of aromatic nitrogens is 2. The molecule has 1 aromatic rings. The molecule has 2 heterocycles. The number of nitrogens with zero attached hydrogens (tertiary/aromatic N) is 2. The molecule has 4 heteroatoms. The van der Waals surface area contributed by atoms with Gasteiger partial charge in [-0.15, -0.1) is 0 Å². The van der Waals surface area contributed by atoms with Crippen LogP contribution in [0, 0.1) is 0 Å². The van der Waals surface area contributed by atoms with Crippen molar-refractivity contribution < 1.29 is 9.90 Å². The van der Waals surface area contributed by atoms with Gasteiger partial charge in [-0.25, -0.2) is 4.98 Å². The predicted octanol–water partition coefficient (Wildman–Crippen LogP) is 2.89. The highest BCUT2D eigenvalue weighted by Crippen LogP contribution is 2.36. The van der Waals surface area contributed by atoms with E-state index < -0.39 is 5.97 Å². The van der Waals surface area contributed by atoms with Crippen molar-refractivity contribution in [3.63, 3.8) is 0 Å². The molecular weight excluding hydrogens is 240 g/mol. The molecule has 1 N–H and O–H groups in total. The van der Waals surface area contributed by atoms with E-state index in [9.17, 15) is 4.79 Å². The van der Waals surface area contributed by atoms with E-state index in [0.717, 1.165) is 18.8 Å². The van der Waals surface area contributed by atoms with E-state index in [1.54, 1.807) is 0 Å². The maximum atomic E-state index is 10.7. The molecule has 1 saturated carbocycles. The summed E-state index contributed by atoms with van der Waals surface area (Å²) >= 11 is 0. The number of hydrogen-bond acceptors (Lipinski definition) is 2. The van der Waals surface area contributed by atoms with Gasteiger partial charge in [0.15, 0.2) is 0 Å².